The van der Waals surface area contributed by atoms with E-state index in [1.54, 1.807) is 0 Å². The monoisotopic (exact) mass is 353 g/mol. The molecule has 2 aromatic rings. The molecule has 0 aliphatic carbocycles. The molecule has 2 rings (SSSR count). The second-order valence-electron chi connectivity index (χ2n) is 4.02. The molecule has 0 aliphatic heterocycles. The van der Waals surface area contributed by atoms with Crippen molar-refractivity contribution in [3.05, 3.63) is 51.0 Å². The molecular weight excluding hydrogens is 337 g/mol. The summed E-state index contributed by atoms with van der Waals surface area (Å²) in [4.78, 5) is 9.20. The van der Waals surface area contributed by atoms with E-state index in [4.69, 9.17) is 0 Å². The molecule has 3 nitrogen and oxygen atoms in total. The summed E-state index contributed by atoms with van der Waals surface area (Å²) in [5.41, 5.74) is 2.35. The fourth-order valence-electron chi connectivity index (χ4n) is 1.80. The number of rotatable bonds is 4. The van der Waals surface area contributed by atoms with Crippen molar-refractivity contribution in [2.45, 2.75) is 19.8 Å². The molecule has 1 aromatic carbocycles. The largest absolute Gasteiger partial charge is 0.372 e. The molecule has 1 N–H and O–H groups in total. The van der Waals surface area contributed by atoms with Crippen molar-refractivity contribution in [3.8, 4) is 0 Å². The summed E-state index contributed by atoms with van der Waals surface area (Å²) >= 11 is 2.30. The van der Waals surface area contributed by atoms with Gasteiger partial charge in [-0.15, -0.1) is 0 Å². The number of nitrogens with one attached hydrogen (secondary N) is 1. The molecule has 0 radical (unpaired) electrons. The van der Waals surface area contributed by atoms with E-state index in [0.717, 1.165) is 33.7 Å². The van der Waals surface area contributed by atoms with Crippen molar-refractivity contribution < 1.29 is 0 Å². The molecule has 0 saturated heterocycles. The quantitative estimate of drug-likeness (QED) is 0.858. The molecule has 0 bridgehead atoms. The molecule has 94 valence electrons. The van der Waals surface area contributed by atoms with E-state index in [1.807, 2.05) is 25.2 Å². The van der Waals surface area contributed by atoms with Crippen LogP contribution in [0.5, 0.6) is 0 Å². The Balaban J connectivity index is 2.34. The molecule has 1 heterocycles. The van der Waals surface area contributed by atoms with E-state index in [1.165, 1.54) is 5.56 Å². The van der Waals surface area contributed by atoms with Crippen molar-refractivity contribution in [1.82, 2.24) is 9.97 Å². The first-order valence-electron chi connectivity index (χ1n) is 6.01. The molecule has 0 unspecified atom stereocenters. The second kappa shape index (κ2) is 6.13. The van der Waals surface area contributed by atoms with E-state index < -0.39 is 0 Å². The van der Waals surface area contributed by atoms with Crippen LogP contribution in [0.1, 0.15) is 24.0 Å². The van der Waals surface area contributed by atoms with Gasteiger partial charge in [0.05, 0.1) is 9.26 Å². The average Bonchev–Trinajstić information content (AvgIpc) is 2.41. The van der Waals surface area contributed by atoms with E-state index in [0.29, 0.717) is 0 Å². The highest BCUT2D eigenvalue weighted by Crippen LogP contribution is 2.20. The van der Waals surface area contributed by atoms with Gasteiger partial charge in [0.25, 0.3) is 0 Å². The fourth-order valence-corrected chi connectivity index (χ4v) is 2.69. The lowest BCUT2D eigenvalue weighted by Gasteiger charge is -2.10. The Morgan fingerprint density at radius 2 is 1.89 bits per heavy atom. The zero-order chi connectivity index (χ0) is 13.0. The predicted octanol–water partition coefficient (Wildman–Crippen LogP) is 3.28. The summed E-state index contributed by atoms with van der Waals surface area (Å²) < 4.78 is 1.12. The van der Waals surface area contributed by atoms with E-state index >= 15 is 0 Å². The van der Waals surface area contributed by atoms with Gasteiger partial charge < -0.3 is 5.32 Å². The summed E-state index contributed by atoms with van der Waals surface area (Å²) in [6.07, 6.45) is 1.71. The Morgan fingerprint density at radius 1 is 1.17 bits per heavy atom. The van der Waals surface area contributed by atoms with Gasteiger partial charge in [0.2, 0.25) is 0 Å². The fraction of sp³-hybridized carbons (Fsp3) is 0.286. The van der Waals surface area contributed by atoms with Crippen LogP contribution >= 0.6 is 22.6 Å². The van der Waals surface area contributed by atoms with Crippen LogP contribution in [0.2, 0.25) is 0 Å². The third kappa shape index (κ3) is 2.98. The van der Waals surface area contributed by atoms with Gasteiger partial charge in [-0.1, -0.05) is 37.3 Å². The molecule has 1 aromatic heterocycles. The van der Waals surface area contributed by atoms with Gasteiger partial charge in [-0.3, -0.25) is 0 Å². The first kappa shape index (κ1) is 13.3. The SMILES string of the molecule is CCc1nc(Cc2ccccc2)nc(NC)c1I. The zero-order valence-corrected chi connectivity index (χ0v) is 12.7. The van der Waals surface area contributed by atoms with Gasteiger partial charge in [0.1, 0.15) is 11.6 Å². The lowest BCUT2D eigenvalue weighted by molar-refractivity contribution is 0.897. The standard InChI is InChI=1S/C14H16IN3/c1-3-11-13(15)14(16-2)18-12(17-11)9-10-7-5-4-6-8-10/h4-8H,3,9H2,1-2H3,(H,16,17,18). The van der Waals surface area contributed by atoms with Gasteiger partial charge >= 0.3 is 0 Å². The first-order valence-corrected chi connectivity index (χ1v) is 7.09. The number of anilines is 1. The number of aromatic nitrogens is 2. The molecular formula is C14H16IN3. The van der Waals surface area contributed by atoms with Crippen LogP contribution in [0.3, 0.4) is 0 Å². The first-order chi connectivity index (χ1) is 8.74. The Bertz CT molecular complexity index is 501. The highest BCUT2D eigenvalue weighted by atomic mass is 127. The third-order valence-corrected chi connectivity index (χ3v) is 3.88. The Hall–Kier alpha value is -1.17. The van der Waals surface area contributed by atoms with Crippen LogP contribution in [-0.2, 0) is 12.8 Å². The van der Waals surface area contributed by atoms with Crippen molar-refractivity contribution in [2.24, 2.45) is 0 Å². The van der Waals surface area contributed by atoms with E-state index in [2.05, 4.69) is 56.9 Å². The number of halogens is 1. The number of aryl methyl sites for hydroxylation is 1. The van der Waals surface area contributed by atoms with Gasteiger partial charge in [-0.2, -0.15) is 0 Å². The molecule has 0 atom stereocenters. The van der Waals surface area contributed by atoms with Crippen LogP contribution in [0, 0.1) is 3.57 Å². The molecule has 0 spiro atoms. The smallest absolute Gasteiger partial charge is 0.143 e. The molecule has 0 aliphatic rings. The molecule has 18 heavy (non-hydrogen) atoms. The van der Waals surface area contributed by atoms with Gasteiger partial charge in [0.15, 0.2) is 0 Å². The maximum Gasteiger partial charge on any atom is 0.143 e. The van der Waals surface area contributed by atoms with Crippen molar-refractivity contribution in [1.29, 1.82) is 0 Å². The number of hydrogen-bond acceptors (Lipinski definition) is 3. The minimum atomic E-state index is 0.777. The lowest BCUT2D eigenvalue weighted by atomic mass is 10.1. The van der Waals surface area contributed by atoms with Crippen LogP contribution < -0.4 is 5.32 Å². The summed E-state index contributed by atoms with van der Waals surface area (Å²) in [5, 5.41) is 3.14. The summed E-state index contributed by atoms with van der Waals surface area (Å²) in [6, 6.07) is 10.3. The summed E-state index contributed by atoms with van der Waals surface area (Å²) in [7, 11) is 1.90. The van der Waals surface area contributed by atoms with Gasteiger partial charge in [-0.05, 0) is 34.6 Å². The Morgan fingerprint density at radius 3 is 2.50 bits per heavy atom. The molecule has 0 fully saturated rings. The van der Waals surface area contributed by atoms with Crippen LogP contribution in [0.4, 0.5) is 5.82 Å². The molecule has 0 amide bonds. The van der Waals surface area contributed by atoms with Crippen LogP contribution in [0.25, 0.3) is 0 Å². The second-order valence-corrected chi connectivity index (χ2v) is 5.09. The number of nitrogens with zero attached hydrogens (tertiary/aromatic N) is 2. The maximum atomic E-state index is 4.64. The molecule has 0 saturated carbocycles. The van der Waals surface area contributed by atoms with E-state index in [9.17, 15) is 0 Å². The van der Waals surface area contributed by atoms with Crippen molar-refractivity contribution >= 4 is 28.4 Å². The van der Waals surface area contributed by atoms with Gasteiger partial charge in [-0.25, -0.2) is 9.97 Å². The molecule has 4 heteroatoms. The number of benzene rings is 1. The Labute approximate surface area is 121 Å². The predicted molar refractivity (Wildman–Crippen MR) is 82.9 cm³/mol. The third-order valence-electron chi connectivity index (χ3n) is 2.74. The maximum absolute atomic E-state index is 4.64. The Kier molecular flexibility index (Phi) is 4.52. The average molecular weight is 353 g/mol. The summed E-state index contributed by atoms with van der Waals surface area (Å²) in [6.45, 7) is 2.12. The van der Waals surface area contributed by atoms with Gasteiger partial charge in [0, 0.05) is 13.5 Å². The van der Waals surface area contributed by atoms with Crippen LogP contribution in [-0.4, -0.2) is 17.0 Å². The minimum Gasteiger partial charge on any atom is -0.372 e. The highest BCUT2D eigenvalue weighted by molar-refractivity contribution is 14.1. The van der Waals surface area contributed by atoms with E-state index in [-0.39, 0.29) is 0 Å². The topological polar surface area (TPSA) is 37.8 Å². The highest BCUT2D eigenvalue weighted by Gasteiger charge is 2.10. The van der Waals surface area contributed by atoms with Crippen molar-refractivity contribution in [2.75, 3.05) is 12.4 Å². The lowest BCUT2D eigenvalue weighted by Crippen LogP contribution is -2.07. The normalized spacial score (nSPS) is 10.4. The van der Waals surface area contributed by atoms with Crippen molar-refractivity contribution in [3.63, 3.8) is 0 Å². The summed E-state index contributed by atoms with van der Waals surface area (Å²) in [5.74, 6) is 1.80. The van der Waals surface area contributed by atoms with Crippen LogP contribution in [0.15, 0.2) is 30.3 Å². The zero-order valence-electron chi connectivity index (χ0n) is 10.6. The number of hydrogen-bond donors (Lipinski definition) is 1. The minimum absolute atomic E-state index is 0.777.